The van der Waals surface area contributed by atoms with Crippen LogP contribution in [0.3, 0.4) is 0 Å². The Morgan fingerprint density at radius 1 is 1.33 bits per heavy atom. The molecule has 7 nitrogen and oxygen atoms in total. The number of nitrogens with one attached hydrogen (secondary N) is 2. The van der Waals surface area contributed by atoms with Crippen molar-refractivity contribution >= 4 is 6.03 Å². The number of hydrogen-bond acceptors (Lipinski definition) is 4. The minimum atomic E-state index is -0.183. The van der Waals surface area contributed by atoms with Gasteiger partial charge in [0.2, 0.25) is 0 Å². The Morgan fingerprint density at radius 2 is 2.17 bits per heavy atom. The lowest BCUT2D eigenvalue weighted by Gasteiger charge is -2.21. The molecule has 0 saturated carbocycles. The Kier molecular flexibility index (Phi) is 5.20. The van der Waals surface area contributed by atoms with Crippen molar-refractivity contribution in [1.82, 2.24) is 20.4 Å². The van der Waals surface area contributed by atoms with Crippen LogP contribution >= 0.6 is 0 Å². The maximum absolute atomic E-state index is 12.0. The molecule has 2 aromatic rings. The van der Waals surface area contributed by atoms with E-state index in [-0.39, 0.29) is 12.1 Å². The lowest BCUT2D eigenvalue weighted by molar-refractivity contribution is 0.171. The number of aromatic nitrogens is 2. The van der Waals surface area contributed by atoms with Crippen molar-refractivity contribution in [3.8, 4) is 11.5 Å². The summed E-state index contributed by atoms with van der Waals surface area (Å²) in [7, 11) is 0. The summed E-state index contributed by atoms with van der Waals surface area (Å²) in [5, 5.41) is 9.91. The van der Waals surface area contributed by atoms with Crippen LogP contribution in [-0.4, -0.2) is 35.6 Å². The molecule has 128 valence electrons. The first-order chi connectivity index (χ1) is 11.7. The van der Waals surface area contributed by atoms with E-state index < -0.39 is 0 Å². The topological polar surface area (TPSA) is 77.4 Å². The fourth-order valence-electron chi connectivity index (χ4n) is 2.54. The van der Waals surface area contributed by atoms with Crippen LogP contribution in [0, 0.1) is 0 Å². The van der Waals surface area contributed by atoms with Crippen LogP contribution < -0.4 is 20.1 Å². The number of fused-ring (bicyclic) bond motifs is 1. The lowest BCUT2D eigenvalue weighted by Crippen LogP contribution is -2.37. The summed E-state index contributed by atoms with van der Waals surface area (Å²) in [5.41, 5.74) is 0.978. The van der Waals surface area contributed by atoms with Gasteiger partial charge in [-0.15, -0.1) is 0 Å². The van der Waals surface area contributed by atoms with E-state index >= 15 is 0 Å². The second-order valence-electron chi connectivity index (χ2n) is 5.65. The quantitative estimate of drug-likeness (QED) is 0.795. The van der Waals surface area contributed by atoms with E-state index in [2.05, 4.69) is 15.7 Å². The first-order valence-corrected chi connectivity index (χ1v) is 8.14. The SMILES string of the molecule is CC(NC(=O)NCCCn1cccn1)c1ccc2c(c1)OCCO2. The summed E-state index contributed by atoms with van der Waals surface area (Å²) in [6, 6.07) is 7.32. The molecular weight excluding hydrogens is 308 g/mol. The molecule has 0 fully saturated rings. The normalized spacial score (nSPS) is 14.0. The number of carbonyl (C=O) groups excluding carboxylic acids is 1. The van der Waals surface area contributed by atoms with Crippen molar-refractivity contribution in [2.45, 2.75) is 25.9 Å². The Balaban J connectivity index is 1.43. The molecule has 1 aliphatic rings. The highest BCUT2D eigenvalue weighted by atomic mass is 16.6. The molecule has 1 aromatic heterocycles. The molecule has 0 spiro atoms. The molecule has 2 N–H and O–H groups in total. The van der Waals surface area contributed by atoms with Crippen molar-refractivity contribution in [1.29, 1.82) is 0 Å². The maximum atomic E-state index is 12.0. The number of carbonyl (C=O) groups is 1. The highest BCUT2D eigenvalue weighted by Gasteiger charge is 2.15. The van der Waals surface area contributed by atoms with Gasteiger partial charge in [0.15, 0.2) is 11.5 Å². The Hall–Kier alpha value is -2.70. The van der Waals surface area contributed by atoms with Gasteiger partial charge in [0.25, 0.3) is 0 Å². The van der Waals surface area contributed by atoms with Crippen LogP contribution in [-0.2, 0) is 6.54 Å². The van der Waals surface area contributed by atoms with Gasteiger partial charge >= 0.3 is 6.03 Å². The highest BCUT2D eigenvalue weighted by molar-refractivity contribution is 5.74. The van der Waals surface area contributed by atoms with Gasteiger partial charge in [0, 0.05) is 25.5 Å². The minimum Gasteiger partial charge on any atom is -0.486 e. The summed E-state index contributed by atoms with van der Waals surface area (Å²) >= 11 is 0. The van der Waals surface area contributed by atoms with Gasteiger partial charge in [-0.1, -0.05) is 6.07 Å². The number of benzene rings is 1. The monoisotopic (exact) mass is 330 g/mol. The molecule has 1 aromatic carbocycles. The Labute approximate surface area is 140 Å². The van der Waals surface area contributed by atoms with E-state index in [1.54, 1.807) is 6.20 Å². The third-order valence-corrected chi connectivity index (χ3v) is 3.82. The zero-order valence-electron chi connectivity index (χ0n) is 13.7. The number of hydrogen-bond donors (Lipinski definition) is 2. The maximum Gasteiger partial charge on any atom is 0.315 e. The predicted molar refractivity (Wildman–Crippen MR) is 89.2 cm³/mol. The van der Waals surface area contributed by atoms with E-state index in [1.165, 1.54) is 0 Å². The van der Waals surface area contributed by atoms with Gasteiger partial charge in [0.1, 0.15) is 13.2 Å². The molecule has 7 heteroatoms. The smallest absolute Gasteiger partial charge is 0.315 e. The molecule has 0 radical (unpaired) electrons. The van der Waals surface area contributed by atoms with E-state index in [9.17, 15) is 4.79 Å². The molecule has 24 heavy (non-hydrogen) atoms. The van der Waals surface area contributed by atoms with Crippen molar-refractivity contribution in [2.75, 3.05) is 19.8 Å². The van der Waals surface area contributed by atoms with Gasteiger partial charge in [-0.25, -0.2) is 4.79 Å². The van der Waals surface area contributed by atoms with Crippen LogP contribution in [0.15, 0.2) is 36.7 Å². The van der Waals surface area contributed by atoms with Gasteiger partial charge in [-0.05, 0) is 37.1 Å². The molecule has 2 amide bonds. The van der Waals surface area contributed by atoms with Crippen LogP contribution in [0.5, 0.6) is 11.5 Å². The molecule has 3 rings (SSSR count). The van der Waals surface area contributed by atoms with Crippen molar-refractivity contribution in [2.24, 2.45) is 0 Å². The molecule has 0 aliphatic carbocycles. The van der Waals surface area contributed by atoms with E-state index in [0.717, 1.165) is 30.0 Å². The number of aryl methyl sites for hydroxylation is 1. The first kappa shape index (κ1) is 16.2. The first-order valence-electron chi connectivity index (χ1n) is 8.14. The van der Waals surface area contributed by atoms with E-state index in [4.69, 9.17) is 9.47 Å². The molecule has 1 unspecified atom stereocenters. The Morgan fingerprint density at radius 3 is 2.96 bits per heavy atom. The molecule has 1 atom stereocenters. The summed E-state index contributed by atoms with van der Waals surface area (Å²) in [5.74, 6) is 1.48. The second kappa shape index (κ2) is 7.72. The third kappa shape index (κ3) is 4.18. The lowest BCUT2D eigenvalue weighted by atomic mass is 10.1. The number of nitrogens with zero attached hydrogens (tertiary/aromatic N) is 2. The van der Waals surface area contributed by atoms with Gasteiger partial charge in [0.05, 0.1) is 6.04 Å². The van der Waals surface area contributed by atoms with Crippen LogP contribution in [0.25, 0.3) is 0 Å². The summed E-state index contributed by atoms with van der Waals surface area (Å²) in [6.07, 6.45) is 4.48. The summed E-state index contributed by atoms with van der Waals surface area (Å²) in [6.45, 7) is 4.44. The zero-order valence-corrected chi connectivity index (χ0v) is 13.7. The number of amides is 2. The number of ether oxygens (including phenoxy) is 2. The van der Waals surface area contributed by atoms with Crippen molar-refractivity contribution in [3.63, 3.8) is 0 Å². The summed E-state index contributed by atoms with van der Waals surface area (Å²) < 4.78 is 12.9. The van der Waals surface area contributed by atoms with Crippen molar-refractivity contribution < 1.29 is 14.3 Å². The molecular formula is C17H22N4O3. The third-order valence-electron chi connectivity index (χ3n) is 3.82. The van der Waals surface area contributed by atoms with Gasteiger partial charge in [-0.2, -0.15) is 5.10 Å². The number of rotatable bonds is 6. The fourth-order valence-corrected chi connectivity index (χ4v) is 2.54. The molecule has 1 aliphatic heterocycles. The Bertz CT molecular complexity index is 672. The average molecular weight is 330 g/mol. The predicted octanol–water partition coefficient (Wildman–Crippen LogP) is 2.10. The van der Waals surface area contributed by atoms with Gasteiger partial charge in [-0.3, -0.25) is 4.68 Å². The molecule has 0 saturated heterocycles. The van der Waals surface area contributed by atoms with Crippen LogP contribution in [0.1, 0.15) is 24.9 Å². The zero-order chi connectivity index (χ0) is 16.8. The summed E-state index contributed by atoms with van der Waals surface area (Å²) in [4.78, 5) is 12.0. The average Bonchev–Trinajstić information content (AvgIpc) is 3.11. The van der Waals surface area contributed by atoms with Crippen LogP contribution in [0.2, 0.25) is 0 Å². The van der Waals surface area contributed by atoms with Crippen LogP contribution in [0.4, 0.5) is 4.79 Å². The molecule has 0 bridgehead atoms. The largest absolute Gasteiger partial charge is 0.486 e. The fraction of sp³-hybridized carbons (Fsp3) is 0.412. The minimum absolute atomic E-state index is 0.119. The second-order valence-corrected chi connectivity index (χ2v) is 5.65. The van der Waals surface area contributed by atoms with E-state index in [1.807, 2.05) is 42.1 Å². The number of urea groups is 1. The van der Waals surface area contributed by atoms with Gasteiger partial charge < -0.3 is 20.1 Å². The van der Waals surface area contributed by atoms with E-state index in [0.29, 0.717) is 19.8 Å². The standard InChI is InChI=1S/C17H22N4O3/c1-13(14-4-5-15-16(12-14)24-11-10-23-15)20-17(22)18-6-2-8-21-9-3-7-19-21/h3-5,7,9,12-13H,2,6,8,10-11H2,1H3,(H2,18,20,22). The highest BCUT2D eigenvalue weighted by Crippen LogP contribution is 2.32. The van der Waals surface area contributed by atoms with Crippen molar-refractivity contribution in [3.05, 3.63) is 42.2 Å². The molecule has 2 heterocycles.